The number of aliphatic carboxylic acids is 1. The minimum absolute atomic E-state index is 0.0513. The molecule has 2 heterocycles. The highest BCUT2D eigenvalue weighted by molar-refractivity contribution is 8.26. The summed E-state index contributed by atoms with van der Waals surface area (Å²) in [6.45, 7) is 0.213. The number of hydrogen-bond acceptors (Lipinski definition) is 7. The predicted octanol–water partition coefficient (Wildman–Crippen LogP) is 3.71. The van der Waals surface area contributed by atoms with Crippen LogP contribution in [0.3, 0.4) is 0 Å². The fraction of sp³-hybridized carbons (Fsp3) is 0.222. The number of thiocarbonyl (C=S) groups is 1. The van der Waals surface area contributed by atoms with Gasteiger partial charge in [-0.25, -0.2) is 0 Å². The van der Waals surface area contributed by atoms with Gasteiger partial charge in [0.2, 0.25) is 0 Å². The third-order valence-corrected chi connectivity index (χ3v) is 6.11. The van der Waals surface area contributed by atoms with Crippen molar-refractivity contribution in [1.29, 1.82) is 0 Å². The molecular formula is C18H15ClN4O5S2. The van der Waals surface area contributed by atoms with Crippen LogP contribution in [0.4, 0.5) is 5.69 Å². The van der Waals surface area contributed by atoms with E-state index in [1.54, 1.807) is 25.3 Å². The summed E-state index contributed by atoms with van der Waals surface area (Å²) >= 11 is 12.7. The average Bonchev–Trinajstić information content (AvgIpc) is 3.12. The first kappa shape index (κ1) is 21.9. The number of carboxylic acid groups (broad SMARTS) is 1. The van der Waals surface area contributed by atoms with Gasteiger partial charge in [-0.05, 0) is 24.6 Å². The highest BCUT2D eigenvalue weighted by Crippen LogP contribution is 2.37. The zero-order valence-corrected chi connectivity index (χ0v) is 18.0. The van der Waals surface area contributed by atoms with Gasteiger partial charge >= 0.3 is 5.97 Å². The topological polar surface area (TPSA) is 119 Å². The molecule has 0 bridgehead atoms. The maximum absolute atomic E-state index is 12.7. The van der Waals surface area contributed by atoms with Crippen molar-refractivity contribution in [3.05, 3.63) is 50.0 Å². The van der Waals surface area contributed by atoms with Crippen molar-refractivity contribution in [3.63, 3.8) is 0 Å². The van der Waals surface area contributed by atoms with Crippen molar-refractivity contribution in [2.24, 2.45) is 7.05 Å². The summed E-state index contributed by atoms with van der Waals surface area (Å²) in [6.07, 6.45) is 1.81. The normalized spacial score (nSPS) is 15.3. The summed E-state index contributed by atoms with van der Waals surface area (Å²) < 4.78 is 1.78. The Morgan fingerprint density at radius 1 is 1.40 bits per heavy atom. The second-order valence-corrected chi connectivity index (χ2v) is 8.35. The molecule has 12 heteroatoms. The van der Waals surface area contributed by atoms with E-state index < -0.39 is 10.9 Å². The van der Waals surface area contributed by atoms with Crippen molar-refractivity contribution in [2.75, 3.05) is 6.54 Å². The summed E-state index contributed by atoms with van der Waals surface area (Å²) in [4.78, 5) is 35.5. The molecule has 156 valence electrons. The largest absolute Gasteiger partial charge is 0.481 e. The van der Waals surface area contributed by atoms with Gasteiger partial charge in [0.25, 0.3) is 11.6 Å². The van der Waals surface area contributed by atoms with Gasteiger partial charge in [-0.15, -0.1) is 0 Å². The number of amides is 1. The smallest absolute Gasteiger partial charge is 0.303 e. The molecule has 1 aromatic carbocycles. The van der Waals surface area contributed by atoms with Crippen LogP contribution in [0.2, 0.25) is 5.15 Å². The lowest BCUT2D eigenvalue weighted by Gasteiger charge is -2.13. The number of aromatic nitrogens is 2. The summed E-state index contributed by atoms with van der Waals surface area (Å²) in [5.74, 6) is -1.27. The van der Waals surface area contributed by atoms with Crippen molar-refractivity contribution in [2.45, 2.75) is 12.8 Å². The number of halogens is 1. The summed E-state index contributed by atoms with van der Waals surface area (Å²) in [6, 6.07) is 5.85. The number of nitro groups is 1. The van der Waals surface area contributed by atoms with E-state index in [4.69, 9.17) is 28.9 Å². The number of nitrogens with zero attached hydrogens (tertiary/aromatic N) is 4. The lowest BCUT2D eigenvalue weighted by molar-refractivity contribution is -0.384. The monoisotopic (exact) mass is 466 g/mol. The maximum atomic E-state index is 12.7. The Balaban J connectivity index is 1.92. The number of benzene rings is 1. The van der Waals surface area contributed by atoms with E-state index in [9.17, 15) is 19.7 Å². The molecule has 0 atom stereocenters. The van der Waals surface area contributed by atoms with Crippen LogP contribution in [0, 0.1) is 10.1 Å². The molecule has 1 aliphatic rings. The van der Waals surface area contributed by atoms with Gasteiger partial charge in [-0.2, -0.15) is 5.10 Å². The van der Waals surface area contributed by atoms with E-state index in [1.807, 2.05) is 0 Å². The molecule has 1 aromatic heterocycles. The Labute approximate surface area is 185 Å². The lowest BCUT2D eigenvalue weighted by atomic mass is 10.1. The summed E-state index contributed by atoms with van der Waals surface area (Å²) in [7, 11) is 1.64. The molecule has 0 spiro atoms. The first-order valence-electron chi connectivity index (χ1n) is 8.63. The molecule has 3 rings (SSSR count). The number of nitro benzene ring substituents is 1. The minimum Gasteiger partial charge on any atom is -0.481 e. The van der Waals surface area contributed by atoms with E-state index in [1.165, 1.54) is 21.7 Å². The predicted molar refractivity (Wildman–Crippen MR) is 117 cm³/mol. The number of aryl methyl sites for hydroxylation is 1. The maximum Gasteiger partial charge on any atom is 0.303 e. The van der Waals surface area contributed by atoms with E-state index in [0.29, 0.717) is 31.2 Å². The van der Waals surface area contributed by atoms with Crippen LogP contribution in [-0.4, -0.2) is 47.5 Å². The van der Waals surface area contributed by atoms with Gasteiger partial charge in [-0.1, -0.05) is 35.6 Å². The molecule has 30 heavy (non-hydrogen) atoms. The Kier molecular flexibility index (Phi) is 6.54. The molecule has 0 radical (unpaired) electrons. The van der Waals surface area contributed by atoms with Gasteiger partial charge < -0.3 is 5.11 Å². The highest BCUT2D eigenvalue weighted by Gasteiger charge is 2.32. The number of hydrogen-bond donors (Lipinski definition) is 1. The third kappa shape index (κ3) is 4.53. The summed E-state index contributed by atoms with van der Waals surface area (Å²) in [5, 5.41) is 24.3. The van der Waals surface area contributed by atoms with Gasteiger partial charge in [0.1, 0.15) is 15.2 Å². The molecule has 1 aliphatic heterocycles. The second-order valence-electron chi connectivity index (χ2n) is 6.31. The Morgan fingerprint density at radius 3 is 2.67 bits per heavy atom. The number of carbonyl (C=O) groups excluding carboxylic acids is 1. The Morgan fingerprint density at radius 2 is 2.07 bits per heavy atom. The highest BCUT2D eigenvalue weighted by atomic mass is 35.5. The van der Waals surface area contributed by atoms with Crippen LogP contribution in [-0.2, 0) is 16.6 Å². The second kappa shape index (κ2) is 8.94. The molecule has 0 unspecified atom stereocenters. The van der Waals surface area contributed by atoms with Crippen molar-refractivity contribution >= 4 is 63.5 Å². The lowest BCUT2D eigenvalue weighted by Crippen LogP contribution is -2.29. The van der Waals surface area contributed by atoms with Crippen LogP contribution in [0.15, 0.2) is 29.2 Å². The molecular weight excluding hydrogens is 452 g/mol. The van der Waals surface area contributed by atoms with E-state index in [2.05, 4.69) is 5.10 Å². The van der Waals surface area contributed by atoms with E-state index in [-0.39, 0.29) is 31.0 Å². The van der Waals surface area contributed by atoms with E-state index >= 15 is 0 Å². The number of carboxylic acids is 1. The minimum atomic E-state index is -0.939. The van der Waals surface area contributed by atoms with Crippen LogP contribution in [0.1, 0.15) is 18.4 Å². The Hall–Kier alpha value is -2.76. The molecule has 0 aliphatic carbocycles. The van der Waals surface area contributed by atoms with Crippen LogP contribution < -0.4 is 0 Å². The van der Waals surface area contributed by atoms with Crippen molar-refractivity contribution in [1.82, 2.24) is 14.7 Å². The Bertz CT molecular complexity index is 1080. The summed E-state index contributed by atoms with van der Waals surface area (Å²) in [5.41, 5.74) is 1.50. The third-order valence-electron chi connectivity index (χ3n) is 4.28. The SMILES string of the molecule is Cn1nc(-c2ccc([N+](=O)[O-])cc2)c(/C=C2/SC(=S)N(CCCC(=O)O)C2=O)c1Cl. The average molecular weight is 467 g/mol. The van der Waals surface area contributed by atoms with Crippen LogP contribution >= 0.6 is 35.6 Å². The molecule has 1 N–H and O–H groups in total. The number of rotatable bonds is 7. The van der Waals surface area contributed by atoms with Crippen molar-refractivity contribution in [3.8, 4) is 11.3 Å². The quantitative estimate of drug-likeness (QED) is 0.284. The number of carbonyl (C=O) groups is 2. The van der Waals surface area contributed by atoms with E-state index in [0.717, 1.165) is 11.8 Å². The molecule has 2 aromatic rings. The first-order chi connectivity index (χ1) is 14.2. The first-order valence-corrected chi connectivity index (χ1v) is 10.2. The van der Waals surface area contributed by atoms with Crippen LogP contribution in [0.25, 0.3) is 17.3 Å². The van der Waals surface area contributed by atoms with Crippen molar-refractivity contribution < 1.29 is 19.6 Å². The number of non-ortho nitro benzene ring substituents is 1. The zero-order chi connectivity index (χ0) is 22.0. The molecule has 9 nitrogen and oxygen atoms in total. The molecule has 1 saturated heterocycles. The molecule has 1 fully saturated rings. The fourth-order valence-corrected chi connectivity index (χ4v) is 4.29. The zero-order valence-electron chi connectivity index (χ0n) is 15.6. The van der Waals surface area contributed by atoms with Gasteiger partial charge in [0.15, 0.2) is 0 Å². The fourth-order valence-electron chi connectivity index (χ4n) is 2.81. The van der Waals surface area contributed by atoms with Gasteiger partial charge in [-0.3, -0.25) is 29.3 Å². The standard InChI is InChI=1S/C18H15ClN4O5S2/c1-21-16(19)12(15(20-21)10-4-6-11(7-5-10)23(27)28)9-13-17(26)22(18(29)30-13)8-2-3-14(24)25/h4-7,9H,2-3,8H2,1H3,(H,24,25)/b13-9+. The van der Waals surface area contributed by atoms with Gasteiger partial charge in [0.05, 0.1) is 9.83 Å². The molecule has 0 saturated carbocycles. The number of thioether (sulfide) groups is 1. The van der Waals surface area contributed by atoms with Gasteiger partial charge in [0, 0.05) is 43.3 Å². The molecule has 1 amide bonds. The van der Waals surface area contributed by atoms with Crippen LogP contribution in [0.5, 0.6) is 0 Å².